The summed E-state index contributed by atoms with van der Waals surface area (Å²) in [4.78, 5) is 0. The van der Waals surface area contributed by atoms with Gasteiger partial charge in [0.05, 0.1) is 5.69 Å². The number of rotatable bonds is 6. The van der Waals surface area contributed by atoms with Crippen molar-refractivity contribution in [3.05, 3.63) is 24.3 Å². The molecular formula is C11H13N3O3S. The minimum Gasteiger partial charge on any atom is -0.477 e. The van der Waals surface area contributed by atoms with Crippen molar-refractivity contribution in [2.24, 2.45) is 0 Å². The summed E-state index contributed by atoms with van der Waals surface area (Å²) in [6.07, 6.45) is 1.74. The molecule has 0 bridgehead atoms. The summed E-state index contributed by atoms with van der Waals surface area (Å²) < 4.78 is 33.5. The summed E-state index contributed by atoms with van der Waals surface area (Å²) in [5.41, 5.74) is 0.320. The number of ether oxygens (including phenoxy) is 1. The molecule has 18 heavy (non-hydrogen) atoms. The molecule has 1 aliphatic carbocycles. The lowest BCUT2D eigenvalue weighted by Gasteiger charge is -2.12. The molecule has 2 rings (SSSR count). The van der Waals surface area contributed by atoms with Gasteiger partial charge >= 0.3 is 0 Å². The van der Waals surface area contributed by atoms with E-state index in [1.54, 1.807) is 24.3 Å². The molecule has 1 fully saturated rings. The zero-order chi connectivity index (χ0) is 13.0. The van der Waals surface area contributed by atoms with Crippen molar-refractivity contribution in [1.29, 1.82) is 5.26 Å². The van der Waals surface area contributed by atoms with E-state index < -0.39 is 10.2 Å². The summed E-state index contributed by atoms with van der Waals surface area (Å²) in [6.45, 7) is -0.130. The third-order valence-electron chi connectivity index (χ3n) is 2.32. The number of nitrogens with zero attached hydrogens (tertiary/aromatic N) is 1. The first-order valence-electron chi connectivity index (χ1n) is 5.49. The van der Waals surface area contributed by atoms with Crippen LogP contribution in [0.15, 0.2) is 24.3 Å². The van der Waals surface area contributed by atoms with Crippen molar-refractivity contribution < 1.29 is 13.2 Å². The minimum absolute atomic E-state index is 0.0367. The first-order chi connectivity index (χ1) is 8.61. The van der Waals surface area contributed by atoms with Gasteiger partial charge in [-0.15, -0.1) is 0 Å². The third-order valence-corrected chi connectivity index (χ3v) is 3.46. The zero-order valence-corrected chi connectivity index (χ0v) is 10.4. The maximum Gasteiger partial charge on any atom is 0.299 e. The number of nitriles is 1. The lowest BCUT2D eigenvalue weighted by Crippen LogP contribution is -2.31. The summed E-state index contributed by atoms with van der Waals surface area (Å²) >= 11 is 0. The van der Waals surface area contributed by atoms with Crippen molar-refractivity contribution in [1.82, 2.24) is 4.72 Å². The van der Waals surface area contributed by atoms with E-state index in [0.29, 0.717) is 11.4 Å². The number of anilines is 1. The van der Waals surface area contributed by atoms with Crippen molar-refractivity contribution in [3.63, 3.8) is 0 Å². The molecule has 6 nitrogen and oxygen atoms in total. The van der Waals surface area contributed by atoms with Crippen LogP contribution in [0.5, 0.6) is 5.75 Å². The standard InChI is InChI=1S/C11H13N3O3S/c12-7-8-17-11-4-2-1-3-10(11)14-18(15,16)13-9-5-6-9/h1-4,9,13-14H,5-6,8H2. The minimum atomic E-state index is -3.58. The molecule has 0 atom stereocenters. The third kappa shape index (κ3) is 3.61. The van der Waals surface area contributed by atoms with E-state index in [-0.39, 0.29) is 12.6 Å². The molecule has 1 aromatic rings. The number of benzene rings is 1. The second-order valence-corrected chi connectivity index (χ2v) is 5.39. The molecule has 1 aromatic carbocycles. The molecule has 0 spiro atoms. The van der Waals surface area contributed by atoms with E-state index in [1.807, 2.05) is 6.07 Å². The van der Waals surface area contributed by atoms with Gasteiger partial charge in [0.2, 0.25) is 0 Å². The Bertz CT molecular complexity index is 561. The molecule has 0 saturated heterocycles. The Labute approximate surface area is 106 Å². The average Bonchev–Trinajstić information content (AvgIpc) is 3.10. The van der Waals surface area contributed by atoms with Crippen molar-refractivity contribution in [3.8, 4) is 11.8 Å². The molecule has 2 N–H and O–H groups in total. The van der Waals surface area contributed by atoms with Gasteiger partial charge in [-0.3, -0.25) is 4.72 Å². The van der Waals surface area contributed by atoms with Gasteiger partial charge < -0.3 is 4.74 Å². The van der Waals surface area contributed by atoms with Crippen molar-refractivity contribution >= 4 is 15.9 Å². The second-order valence-electron chi connectivity index (χ2n) is 3.94. The zero-order valence-electron chi connectivity index (χ0n) is 9.59. The fraction of sp³-hybridized carbons (Fsp3) is 0.364. The highest BCUT2D eigenvalue weighted by atomic mass is 32.2. The van der Waals surface area contributed by atoms with E-state index >= 15 is 0 Å². The molecule has 1 aliphatic rings. The predicted octanol–water partition coefficient (Wildman–Crippen LogP) is 0.998. The highest BCUT2D eigenvalue weighted by Crippen LogP contribution is 2.25. The Morgan fingerprint density at radius 2 is 2.11 bits per heavy atom. The van der Waals surface area contributed by atoms with Crippen LogP contribution in [0.25, 0.3) is 0 Å². The molecule has 0 aromatic heterocycles. The molecular weight excluding hydrogens is 254 g/mol. The molecule has 96 valence electrons. The van der Waals surface area contributed by atoms with Crippen LogP contribution in [0.2, 0.25) is 0 Å². The van der Waals surface area contributed by atoms with Gasteiger partial charge in [0.1, 0.15) is 11.8 Å². The summed E-state index contributed by atoms with van der Waals surface area (Å²) in [6, 6.07) is 8.45. The molecule has 7 heteroatoms. The molecule has 0 unspecified atom stereocenters. The summed E-state index contributed by atoms with van der Waals surface area (Å²) in [5, 5.41) is 8.45. The largest absolute Gasteiger partial charge is 0.477 e. The molecule has 0 amide bonds. The van der Waals surface area contributed by atoms with Gasteiger partial charge in [0, 0.05) is 6.04 Å². The predicted molar refractivity (Wildman–Crippen MR) is 66.3 cm³/mol. The van der Waals surface area contributed by atoms with Gasteiger partial charge in [-0.05, 0) is 25.0 Å². The Hall–Kier alpha value is -1.78. The van der Waals surface area contributed by atoms with Gasteiger partial charge in [0.15, 0.2) is 6.61 Å². The maximum absolute atomic E-state index is 11.7. The van der Waals surface area contributed by atoms with E-state index in [2.05, 4.69) is 9.44 Å². The summed E-state index contributed by atoms with van der Waals surface area (Å²) in [5.74, 6) is 0.334. The van der Waals surface area contributed by atoms with Crippen LogP contribution >= 0.6 is 0 Å². The fourth-order valence-electron chi connectivity index (χ4n) is 1.38. The second kappa shape index (κ2) is 5.25. The lowest BCUT2D eigenvalue weighted by molar-refractivity contribution is 0.370. The first-order valence-corrected chi connectivity index (χ1v) is 6.98. The van der Waals surface area contributed by atoms with E-state index in [1.165, 1.54) is 0 Å². The van der Waals surface area contributed by atoms with Crippen LogP contribution < -0.4 is 14.2 Å². The summed E-state index contributed by atoms with van der Waals surface area (Å²) in [7, 11) is -3.58. The smallest absolute Gasteiger partial charge is 0.299 e. The first kappa shape index (κ1) is 12.7. The molecule has 0 radical (unpaired) electrons. The topological polar surface area (TPSA) is 91.2 Å². The lowest BCUT2D eigenvalue weighted by atomic mass is 10.3. The number of hydrogen-bond acceptors (Lipinski definition) is 4. The Kier molecular flexibility index (Phi) is 3.69. The van der Waals surface area contributed by atoms with Crippen molar-refractivity contribution in [2.45, 2.75) is 18.9 Å². The van der Waals surface area contributed by atoms with E-state index in [0.717, 1.165) is 12.8 Å². The van der Waals surface area contributed by atoms with Crippen LogP contribution in [0.3, 0.4) is 0 Å². The fourth-order valence-corrected chi connectivity index (χ4v) is 2.57. The number of hydrogen-bond donors (Lipinski definition) is 2. The number of nitrogens with one attached hydrogen (secondary N) is 2. The van der Waals surface area contributed by atoms with Crippen LogP contribution in [0.4, 0.5) is 5.69 Å². The molecule has 0 heterocycles. The van der Waals surface area contributed by atoms with Gasteiger partial charge in [-0.25, -0.2) is 0 Å². The van der Waals surface area contributed by atoms with Crippen LogP contribution in [-0.4, -0.2) is 21.1 Å². The molecule has 0 aliphatic heterocycles. The highest BCUT2D eigenvalue weighted by Gasteiger charge is 2.27. The van der Waals surface area contributed by atoms with E-state index in [4.69, 9.17) is 10.00 Å². The quantitative estimate of drug-likeness (QED) is 0.804. The van der Waals surface area contributed by atoms with Gasteiger partial charge in [0.25, 0.3) is 10.2 Å². The van der Waals surface area contributed by atoms with Gasteiger partial charge in [-0.2, -0.15) is 18.4 Å². The average molecular weight is 267 g/mol. The van der Waals surface area contributed by atoms with Gasteiger partial charge in [-0.1, -0.05) is 12.1 Å². The van der Waals surface area contributed by atoms with Crippen molar-refractivity contribution in [2.75, 3.05) is 11.3 Å². The Balaban J connectivity index is 2.10. The van der Waals surface area contributed by atoms with Crippen LogP contribution in [0, 0.1) is 11.3 Å². The molecule has 1 saturated carbocycles. The monoisotopic (exact) mass is 267 g/mol. The number of para-hydroxylation sites is 2. The maximum atomic E-state index is 11.7. The Morgan fingerprint density at radius 1 is 1.39 bits per heavy atom. The van der Waals surface area contributed by atoms with Crippen LogP contribution in [0.1, 0.15) is 12.8 Å². The normalized spacial score (nSPS) is 14.8. The Morgan fingerprint density at radius 3 is 2.78 bits per heavy atom. The van der Waals surface area contributed by atoms with Crippen LogP contribution in [-0.2, 0) is 10.2 Å². The van der Waals surface area contributed by atoms with E-state index in [9.17, 15) is 8.42 Å². The highest BCUT2D eigenvalue weighted by molar-refractivity contribution is 7.90. The SMILES string of the molecule is N#CCOc1ccccc1NS(=O)(=O)NC1CC1.